The van der Waals surface area contributed by atoms with Crippen LogP contribution in [-0.2, 0) is 18.4 Å². The maximum atomic E-state index is 11.6. The second-order valence-corrected chi connectivity index (χ2v) is 7.78. The topological polar surface area (TPSA) is 42.2 Å². The van der Waals surface area contributed by atoms with Crippen molar-refractivity contribution in [1.82, 2.24) is 4.57 Å². The molecular formula is C21H31NO2. The number of carbonyl (C=O) groups is 1. The van der Waals surface area contributed by atoms with Crippen LogP contribution in [-0.4, -0.2) is 15.6 Å². The standard InChI is InChI=1S/C21H31NO2/c1-6-8-10-15-14-22(11-9-7-2)19-17(15)12-16(20(23)24)13-18(19)21(3,4)5/h12-14H,6-11H2,1-5H3,(H,23,24). The molecule has 0 fully saturated rings. The monoisotopic (exact) mass is 329 g/mol. The van der Waals surface area contributed by atoms with Gasteiger partial charge in [0.1, 0.15) is 0 Å². The fourth-order valence-corrected chi connectivity index (χ4v) is 3.28. The van der Waals surface area contributed by atoms with Crippen LogP contribution < -0.4 is 0 Å². The first kappa shape index (κ1) is 18.6. The van der Waals surface area contributed by atoms with Crippen LogP contribution in [0.25, 0.3) is 10.9 Å². The van der Waals surface area contributed by atoms with Gasteiger partial charge in [-0.25, -0.2) is 4.79 Å². The highest BCUT2D eigenvalue weighted by Crippen LogP contribution is 2.35. The van der Waals surface area contributed by atoms with E-state index in [2.05, 4.69) is 45.4 Å². The van der Waals surface area contributed by atoms with Crippen LogP contribution in [0.2, 0.25) is 0 Å². The molecule has 24 heavy (non-hydrogen) atoms. The van der Waals surface area contributed by atoms with Crippen LogP contribution >= 0.6 is 0 Å². The van der Waals surface area contributed by atoms with E-state index in [1.807, 2.05) is 12.1 Å². The maximum Gasteiger partial charge on any atom is 0.335 e. The molecule has 0 spiro atoms. The van der Waals surface area contributed by atoms with Crippen LogP contribution in [0.3, 0.4) is 0 Å². The summed E-state index contributed by atoms with van der Waals surface area (Å²) in [6, 6.07) is 3.75. The molecule has 0 amide bonds. The highest BCUT2D eigenvalue weighted by Gasteiger charge is 2.23. The van der Waals surface area contributed by atoms with Gasteiger partial charge in [-0.2, -0.15) is 0 Å². The zero-order valence-electron chi connectivity index (χ0n) is 15.8. The lowest BCUT2D eigenvalue weighted by Gasteiger charge is -2.22. The van der Waals surface area contributed by atoms with Gasteiger partial charge in [-0.3, -0.25) is 0 Å². The molecule has 3 heteroatoms. The molecule has 0 unspecified atom stereocenters. The Hall–Kier alpha value is -1.77. The number of fused-ring (bicyclic) bond motifs is 1. The predicted molar refractivity (Wildman–Crippen MR) is 101 cm³/mol. The van der Waals surface area contributed by atoms with E-state index < -0.39 is 5.97 Å². The molecule has 0 bridgehead atoms. The van der Waals surface area contributed by atoms with Gasteiger partial charge >= 0.3 is 5.97 Å². The summed E-state index contributed by atoms with van der Waals surface area (Å²) in [5.41, 5.74) is 3.96. The second-order valence-electron chi connectivity index (χ2n) is 7.78. The molecule has 0 aliphatic heterocycles. The van der Waals surface area contributed by atoms with Gasteiger partial charge in [0, 0.05) is 18.1 Å². The number of rotatable bonds is 7. The molecule has 2 rings (SSSR count). The van der Waals surface area contributed by atoms with Crippen molar-refractivity contribution in [2.75, 3.05) is 0 Å². The average Bonchev–Trinajstić information content (AvgIpc) is 2.86. The average molecular weight is 329 g/mol. The third-order valence-electron chi connectivity index (χ3n) is 4.66. The van der Waals surface area contributed by atoms with Crippen LogP contribution in [0, 0.1) is 0 Å². The Balaban J connectivity index is 2.75. The first-order valence-electron chi connectivity index (χ1n) is 9.19. The molecule has 0 atom stereocenters. The van der Waals surface area contributed by atoms with Crippen molar-refractivity contribution in [2.45, 2.75) is 78.7 Å². The van der Waals surface area contributed by atoms with Gasteiger partial charge in [-0.15, -0.1) is 0 Å². The first-order valence-corrected chi connectivity index (χ1v) is 9.19. The molecule has 1 heterocycles. The number of carboxylic acid groups (broad SMARTS) is 1. The molecule has 1 aromatic carbocycles. The molecule has 0 aliphatic rings. The van der Waals surface area contributed by atoms with Crippen molar-refractivity contribution < 1.29 is 9.90 Å². The number of aryl methyl sites for hydroxylation is 2. The highest BCUT2D eigenvalue weighted by atomic mass is 16.4. The Kier molecular flexibility index (Phi) is 5.74. The lowest BCUT2D eigenvalue weighted by molar-refractivity contribution is 0.0697. The fourth-order valence-electron chi connectivity index (χ4n) is 3.28. The summed E-state index contributed by atoms with van der Waals surface area (Å²) in [4.78, 5) is 11.6. The van der Waals surface area contributed by atoms with Crippen molar-refractivity contribution in [3.8, 4) is 0 Å². The SMILES string of the molecule is CCCCc1cn(CCCC)c2c(C(C)(C)C)cc(C(=O)O)cc12. The minimum Gasteiger partial charge on any atom is -0.478 e. The fraction of sp³-hybridized carbons (Fsp3) is 0.571. The third-order valence-corrected chi connectivity index (χ3v) is 4.66. The molecule has 1 N–H and O–H groups in total. The molecule has 0 aliphatic carbocycles. The Bertz CT molecular complexity index is 719. The zero-order valence-corrected chi connectivity index (χ0v) is 15.8. The minimum atomic E-state index is -0.842. The number of hydrogen-bond acceptors (Lipinski definition) is 1. The van der Waals surface area contributed by atoms with Crippen molar-refractivity contribution in [2.24, 2.45) is 0 Å². The van der Waals surface area contributed by atoms with Crippen LogP contribution in [0.4, 0.5) is 0 Å². The summed E-state index contributed by atoms with van der Waals surface area (Å²) in [7, 11) is 0. The lowest BCUT2D eigenvalue weighted by Crippen LogP contribution is -2.15. The molecular weight excluding hydrogens is 298 g/mol. The van der Waals surface area contributed by atoms with E-state index in [4.69, 9.17) is 0 Å². The number of aromatic nitrogens is 1. The lowest BCUT2D eigenvalue weighted by atomic mass is 9.84. The van der Waals surface area contributed by atoms with E-state index in [1.54, 1.807) is 0 Å². The minimum absolute atomic E-state index is 0.0892. The molecule has 2 aromatic rings. The summed E-state index contributed by atoms with van der Waals surface area (Å²) in [6.45, 7) is 11.9. The van der Waals surface area contributed by atoms with Crippen LogP contribution in [0.15, 0.2) is 18.3 Å². The molecule has 3 nitrogen and oxygen atoms in total. The van der Waals surface area contributed by atoms with Gasteiger partial charge < -0.3 is 9.67 Å². The predicted octanol–water partition coefficient (Wildman–Crippen LogP) is 5.78. The number of benzene rings is 1. The zero-order chi connectivity index (χ0) is 17.9. The number of carboxylic acids is 1. The van der Waals surface area contributed by atoms with Crippen molar-refractivity contribution >= 4 is 16.9 Å². The summed E-state index contributed by atoms with van der Waals surface area (Å²) in [5, 5.41) is 10.7. The Morgan fingerprint density at radius 2 is 1.79 bits per heavy atom. The molecule has 0 radical (unpaired) electrons. The van der Waals surface area contributed by atoms with Crippen LogP contribution in [0.5, 0.6) is 0 Å². The quantitative estimate of drug-likeness (QED) is 0.699. The van der Waals surface area contributed by atoms with E-state index in [0.717, 1.165) is 49.6 Å². The summed E-state index contributed by atoms with van der Waals surface area (Å²) >= 11 is 0. The Morgan fingerprint density at radius 1 is 1.12 bits per heavy atom. The third kappa shape index (κ3) is 3.82. The van der Waals surface area contributed by atoms with Crippen LogP contribution in [0.1, 0.15) is 81.8 Å². The number of nitrogens with zero attached hydrogens (tertiary/aromatic N) is 1. The Morgan fingerprint density at radius 3 is 2.33 bits per heavy atom. The maximum absolute atomic E-state index is 11.6. The van der Waals surface area contributed by atoms with Gasteiger partial charge in [0.05, 0.1) is 11.1 Å². The number of aromatic carboxylic acids is 1. The van der Waals surface area contributed by atoms with Crippen molar-refractivity contribution in [3.05, 3.63) is 35.0 Å². The Labute approximate surface area is 145 Å². The number of hydrogen-bond donors (Lipinski definition) is 1. The van der Waals surface area contributed by atoms with E-state index in [1.165, 1.54) is 11.1 Å². The molecule has 132 valence electrons. The molecule has 1 aromatic heterocycles. The first-order chi connectivity index (χ1) is 11.3. The van der Waals surface area contributed by atoms with Gasteiger partial charge in [0.25, 0.3) is 0 Å². The summed E-state index contributed by atoms with van der Waals surface area (Å²) < 4.78 is 2.36. The second kappa shape index (κ2) is 7.42. The normalized spacial score (nSPS) is 12.0. The smallest absolute Gasteiger partial charge is 0.335 e. The highest BCUT2D eigenvalue weighted by molar-refractivity contribution is 5.97. The number of unbranched alkanes of at least 4 members (excludes halogenated alkanes) is 2. The summed E-state index contributed by atoms with van der Waals surface area (Å²) in [6.07, 6.45) is 7.85. The van der Waals surface area contributed by atoms with E-state index >= 15 is 0 Å². The molecule has 0 saturated heterocycles. The van der Waals surface area contributed by atoms with Crippen molar-refractivity contribution in [1.29, 1.82) is 0 Å². The molecule has 0 saturated carbocycles. The van der Waals surface area contributed by atoms with E-state index in [9.17, 15) is 9.90 Å². The largest absolute Gasteiger partial charge is 0.478 e. The summed E-state index contributed by atoms with van der Waals surface area (Å²) in [5.74, 6) is -0.842. The van der Waals surface area contributed by atoms with E-state index in [0.29, 0.717) is 5.56 Å². The van der Waals surface area contributed by atoms with Gasteiger partial charge in [-0.1, -0.05) is 47.5 Å². The van der Waals surface area contributed by atoms with Crippen molar-refractivity contribution in [3.63, 3.8) is 0 Å². The van der Waals surface area contributed by atoms with E-state index in [-0.39, 0.29) is 5.41 Å². The van der Waals surface area contributed by atoms with Gasteiger partial charge in [0.15, 0.2) is 0 Å². The van der Waals surface area contributed by atoms with Gasteiger partial charge in [0.2, 0.25) is 0 Å². The van der Waals surface area contributed by atoms with Gasteiger partial charge in [-0.05, 0) is 47.9 Å².